The molecule has 2 aromatic carbocycles. The third-order valence-corrected chi connectivity index (χ3v) is 6.29. The lowest BCUT2D eigenvalue weighted by Crippen LogP contribution is -2.31. The summed E-state index contributed by atoms with van der Waals surface area (Å²) in [5, 5.41) is 10.0. The molecule has 0 spiro atoms. The number of aryl methyl sites for hydroxylation is 1. The Hall–Kier alpha value is -3.18. The first-order valence-corrected chi connectivity index (χ1v) is 10.8. The molecule has 0 radical (unpaired) electrons. The van der Waals surface area contributed by atoms with Crippen LogP contribution in [0.3, 0.4) is 0 Å². The minimum atomic E-state index is -0.0720. The predicted molar refractivity (Wildman–Crippen MR) is 116 cm³/mol. The van der Waals surface area contributed by atoms with Crippen molar-refractivity contribution >= 4 is 17.2 Å². The summed E-state index contributed by atoms with van der Waals surface area (Å²) in [5.41, 5.74) is 4.85. The summed E-state index contributed by atoms with van der Waals surface area (Å²) in [6, 6.07) is 22.4. The van der Waals surface area contributed by atoms with Gasteiger partial charge in [0.2, 0.25) is 0 Å². The monoisotopic (exact) mass is 399 g/mol. The molecule has 1 aliphatic carbocycles. The van der Waals surface area contributed by atoms with Crippen molar-refractivity contribution < 1.29 is 4.79 Å². The van der Waals surface area contributed by atoms with Crippen molar-refractivity contribution in [2.75, 3.05) is 0 Å². The fourth-order valence-electron chi connectivity index (χ4n) is 3.99. The minimum Gasteiger partial charge on any atom is -0.345 e. The van der Waals surface area contributed by atoms with E-state index in [-0.39, 0.29) is 11.9 Å². The number of fused-ring (bicyclic) bond motifs is 1. The fourth-order valence-corrected chi connectivity index (χ4v) is 4.71. The van der Waals surface area contributed by atoms with Gasteiger partial charge in [0.25, 0.3) is 5.91 Å². The van der Waals surface area contributed by atoms with Gasteiger partial charge in [0.15, 0.2) is 0 Å². The number of thiophene rings is 1. The van der Waals surface area contributed by atoms with Gasteiger partial charge < -0.3 is 5.32 Å². The van der Waals surface area contributed by atoms with E-state index in [1.165, 1.54) is 11.1 Å². The molecule has 1 aliphatic rings. The van der Waals surface area contributed by atoms with Crippen LogP contribution in [-0.4, -0.2) is 15.7 Å². The maximum absolute atomic E-state index is 13.3. The molecule has 29 heavy (non-hydrogen) atoms. The summed E-state index contributed by atoms with van der Waals surface area (Å²) < 4.78 is 1.79. The SMILES string of the molecule is O=C(N[C@@H]1CCCc2ccccc21)c1cn(-c2ccccc2)nc1-c1cccs1. The molecule has 1 amide bonds. The van der Waals surface area contributed by atoms with Crippen LogP contribution in [-0.2, 0) is 6.42 Å². The first-order valence-electron chi connectivity index (χ1n) is 9.87. The Bertz CT molecular complexity index is 1130. The molecule has 0 saturated carbocycles. The van der Waals surface area contributed by atoms with E-state index in [0.717, 1.165) is 35.5 Å². The first-order chi connectivity index (χ1) is 14.3. The number of nitrogens with one attached hydrogen (secondary N) is 1. The molecule has 0 fully saturated rings. The van der Waals surface area contributed by atoms with Crippen molar-refractivity contribution in [3.63, 3.8) is 0 Å². The van der Waals surface area contributed by atoms with Crippen molar-refractivity contribution in [2.24, 2.45) is 0 Å². The summed E-state index contributed by atoms with van der Waals surface area (Å²) in [7, 11) is 0. The number of para-hydroxylation sites is 1. The molecular weight excluding hydrogens is 378 g/mol. The summed E-state index contributed by atoms with van der Waals surface area (Å²) in [4.78, 5) is 14.3. The number of carbonyl (C=O) groups excluding carboxylic acids is 1. The van der Waals surface area contributed by atoms with Crippen molar-refractivity contribution in [3.05, 3.63) is 95.0 Å². The molecule has 0 unspecified atom stereocenters. The van der Waals surface area contributed by atoms with E-state index < -0.39 is 0 Å². The smallest absolute Gasteiger partial charge is 0.255 e. The third-order valence-electron chi connectivity index (χ3n) is 5.41. The van der Waals surface area contributed by atoms with E-state index in [0.29, 0.717) is 5.56 Å². The van der Waals surface area contributed by atoms with Gasteiger partial charge in [-0.15, -0.1) is 11.3 Å². The highest BCUT2D eigenvalue weighted by Gasteiger charge is 2.25. The Labute approximate surface area is 173 Å². The van der Waals surface area contributed by atoms with Gasteiger partial charge in [-0.05, 0) is 54.0 Å². The van der Waals surface area contributed by atoms with Crippen LogP contribution < -0.4 is 5.32 Å². The average Bonchev–Trinajstić information content (AvgIpc) is 3.45. The second-order valence-electron chi connectivity index (χ2n) is 7.27. The van der Waals surface area contributed by atoms with E-state index in [9.17, 15) is 4.79 Å². The van der Waals surface area contributed by atoms with Crippen LogP contribution >= 0.6 is 11.3 Å². The van der Waals surface area contributed by atoms with E-state index in [1.807, 2.05) is 60.1 Å². The molecule has 1 N–H and O–H groups in total. The zero-order valence-corrected chi connectivity index (χ0v) is 16.7. The molecule has 4 nitrogen and oxygen atoms in total. The largest absolute Gasteiger partial charge is 0.345 e. The zero-order valence-electron chi connectivity index (χ0n) is 15.9. The number of nitrogens with zero attached hydrogens (tertiary/aromatic N) is 2. The van der Waals surface area contributed by atoms with Crippen LogP contribution in [0, 0.1) is 0 Å². The van der Waals surface area contributed by atoms with Gasteiger partial charge in [-0.2, -0.15) is 5.10 Å². The summed E-state index contributed by atoms with van der Waals surface area (Å²) in [6.45, 7) is 0. The van der Waals surface area contributed by atoms with Gasteiger partial charge in [-0.1, -0.05) is 48.5 Å². The number of hydrogen-bond acceptors (Lipinski definition) is 3. The molecule has 0 aliphatic heterocycles. The maximum atomic E-state index is 13.3. The summed E-state index contributed by atoms with van der Waals surface area (Å²) in [5.74, 6) is -0.0720. The zero-order chi connectivity index (χ0) is 19.6. The highest BCUT2D eigenvalue weighted by molar-refractivity contribution is 7.13. The maximum Gasteiger partial charge on any atom is 0.255 e. The van der Waals surface area contributed by atoms with Crippen LogP contribution in [0.25, 0.3) is 16.3 Å². The molecular formula is C24H21N3OS. The Morgan fingerprint density at radius 1 is 1.03 bits per heavy atom. The lowest BCUT2D eigenvalue weighted by Gasteiger charge is -2.26. The quantitative estimate of drug-likeness (QED) is 0.499. The molecule has 1 atom stereocenters. The van der Waals surface area contributed by atoms with Crippen molar-refractivity contribution in [2.45, 2.75) is 25.3 Å². The molecule has 0 bridgehead atoms. The molecule has 4 aromatic rings. The van der Waals surface area contributed by atoms with Crippen LogP contribution in [0.5, 0.6) is 0 Å². The molecule has 144 valence electrons. The van der Waals surface area contributed by atoms with Gasteiger partial charge in [0.1, 0.15) is 5.69 Å². The fraction of sp³-hybridized carbons (Fsp3) is 0.167. The lowest BCUT2D eigenvalue weighted by molar-refractivity contribution is 0.0933. The van der Waals surface area contributed by atoms with Crippen LogP contribution in [0.2, 0.25) is 0 Å². The molecule has 2 aromatic heterocycles. The van der Waals surface area contributed by atoms with Crippen LogP contribution in [0.15, 0.2) is 78.3 Å². The highest BCUT2D eigenvalue weighted by Crippen LogP contribution is 2.31. The lowest BCUT2D eigenvalue weighted by atomic mass is 9.87. The second kappa shape index (κ2) is 7.68. The Morgan fingerprint density at radius 2 is 1.86 bits per heavy atom. The topological polar surface area (TPSA) is 46.9 Å². The molecule has 2 heterocycles. The Kier molecular flexibility index (Phi) is 4.74. The van der Waals surface area contributed by atoms with Gasteiger partial charge in [0.05, 0.1) is 22.2 Å². The van der Waals surface area contributed by atoms with Gasteiger partial charge in [-0.3, -0.25) is 4.79 Å². The highest BCUT2D eigenvalue weighted by atomic mass is 32.1. The number of benzene rings is 2. The van der Waals surface area contributed by atoms with Gasteiger partial charge in [-0.25, -0.2) is 4.68 Å². The standard InChI is InChI=1S/C24H21N3OS/c28-24(25-21-13-6-9-17-8-4-5-12-19(17)21)20-16-27(18-10-2-1-3-11-18)26-23(20)22-14-7-15-29-22/h1-5,7-8,10-12,14-16,21H,6,9,13H2,(H,25,28)/t21-/m1/s1. The van der Waals surface area contributed by atoms with Crippen molar-refractivity contribution in [3.8, 4) is 16.3 Å². The number of carbonyl (C=O) groups is 1. The normalized spacial score (nSPS) is 15.7. The Balaban J connectivity index is 1.50. The van der Waals surface area contributed by atoms with E-state index in [4.69, 9.17) is 5.10 Å². The van der Waals surface area contributed by atoms with Crippen molar-refractivity contribution in [1.29, 1.82) is 0 Å². The predicted octanol–water partition coefficient (Wildman–Crippen LogP) is 5.41. The van der Waals surface area contributed by atoms with Gasteiger partial charge in [0, 0.05) is 6.20 Å². The van der Waals surface area contributed by atoms with E-state index in [2.05, 4.69) is 23.5 Å². The number of aromatic nitrogens is 2. The Morgan fingerprint density at radius 3 is 2.69 bits per heavy atom. The molecule has 5 rings (SSSR count). The van der Waals surface area contributed by atoms with Crippen LogP contribution in [0.4, 0.5) is 0 Å². The number of rotatable bonds is 4. The summed E-state index contributed by atoms with van der Waals surface area (Å²) >= 11 is 1.59. The minimum absolute atomic E-state index is 0.0451. The second-order valence-corrected chi connectivity index (χ2v) is 8.21. The average molecular weight is 400 g/mol. The van der Waals surface area contributed by atoms with Gasteiger partial charge >= 0.3 is 0 Å². The summed E-state index contributed by atoms with van der Waals surface area (Å²) in [6.07, 6.45) is 4.97. The number of amides is 1. The molecule has 5 heteroatoms. The third kappa shape index (κ3) is 3.49. The van der Waals surface area contributed by atoms with E-state index in [1.54, 1.807) is 16.0 Å². The van der Waals surface area contributed by atoms with Crippen molar-refractivity contribution in [1.82, 2.24) is 15.1 Å². The molecule has 0 saturated heterocycles. The van der Waals surface area contributed by atoms with Crippen LogP contribution in [0.1, 0.15) is 40.4 Å². The first kappa shape index (κ1) is 17.9. The van der Waals surface area contributed by atoms with E-state index >= 15 is 0 Å². The number of hydrogen-bond donors (Lipinski definition) is 1.